The molecule has 0 spiro atoms. The van der Waals surface area contributed by atoms with Crippen LogP contribution in [0.1, 0.15) is 29.6 Å². The highest BCUT2D eigenvalue weighted by atomic mass is 19.1. The van der Waals surface area contributed by atoms with E-state index in [1.165, 1.54) is 18.2 Å². The predicted octanol–water partition coefficient (Wildman–Crippen LogP) is 2.28. The number of fused-ring (bicyclic) bond motifs is 1. The highest BCUT2D eigenvalue weighted by Crippen LogP contribution is 2.36. The molecule has 2 atom stereocenters. The van der Waals surface area contributed by atoms with E-state index in [1.807, 2.05) is 4.90 Å². The zero-order valence-electron chi connectivity index (χ0n) is 10.5. The second-order valence-electron chi connectivity index (χ2n) is 5.04. The summed E-state index contributed by atoms with van der Waals surface area (Å²) in [5.74, 6) is -1.55. The number of carboxylic acid groups (broad SMARTS) is 1. The standard InChI is InChI=1S/C14H16FNO3/c15-10-4-1-3-9(14(17)18)13(10)16-7-8-19-12-6-2-5-11(12)16/h1,3-4,11-12H,2,5-8H2,(H,17,18). The van der Waals surface area contributed by atoms with Gasteiger partial charge in [0, 0.05) is 6.54 Å². The number of nitrogens with zero attached hydrogens (tertiary/aromatic N) is 1. The molecule has 2 aliphatic rings. The average molecular weight is 265 g/mol. The van der Waals surface area contributed by atoms with Crippen molar-refractivity contribution < 1.29 is 19.0 Å². The van der Waals surface area contributed by atoms with Crippen LogP contribution in [0.2, 0.25) is 0 Å². The summed E-state index contributed by atoms with van der Waals surface area (Å²) < 4.78 is 19.8. The van der Waals surface area contributed by atoms with Gasteiger partial charge in [0.15, 0.2) is 0 Å². The Balaban J connectivity index is 2.03. The van der Waals surface area contributed by atoms with E-state index >= 15 is 0 Å². The fraction of sp³-hybridized carbons (Fsp3) is 0.500. The molecule has 19 heavy (non-hydrogen) atoms. The van der Waals surface area contributed by atoms with Crippen molar-refractivity contribution >= 4 is 11.7 Å². The van der Waals surface area contributed by atoms with Crippen LogP contribution in [0, 0.1) is 5.82 Å². The molecular formula is C14H16FNO3. The van der Waals surface area contributed by atoms with Crippen molar-refractivity contribution in [2.75, 3.05) is 18.1 Å². The maximum Gasteiger partial charge on any atom is 0.337 e. The Kier molecular flexibility index (Phi) is 3.14. The fourth-order valence-electron chi connectivity index (χ4n) is 3.18. The Morgan fingerprint density at radius 1 is 1.42 bits per heavy atom. The number of halogens is 1. The number of carbonyl (C=O) groups is 1. The van der Waals surface area contributed by atoms with Gasteiger partial charge in [0.05, 0.1) is 30.0 Å². The number of benzene rings is 1. The number of hydrogen-bond acceptors (Lipinski definition) is 3. The number of hydrogen-bond donors (Lipinski definition) is 1. The number of anilines is 1. The molecule has 5 heteroatoms. The molecule has 1 heterocycles. The molecule has 4 nitrogen and oxygen atoms in total. The van der Waals surface area contributed by atoms with Crippen LogP contribution in [0.15, 0.2) is 18.2 Å². The summed E-state index contributed by atoms with van der Waals surface area (Å²) >= 11 is 0. The van der Waals surface area contributed by atoms with Gasteiger partial charge in [0.25, 0.3) is 0 Å². The average Bonchev–Trinajstić information content (AvgIpc) is 2.86. The normalized spacial score (nSPS) is 26.3. The van der Waals surface area contributed by atoms with E-state index in [4.69, 9.17) is 4.74 Å². The Labute approximate surface area is 110 Å². The van der Waals surface area contributed by atoms with Crippen LogP contribution in [-0.4, -0.2) is 36.4 Å². The molecule has 1 aliphatic carbocycles. The van der Waals surface area contributed by atoms with Crippen molar-refractivity contribution in [1.82, 2.24) is 0 Å². The van der Waals surface area contributed by atoms with Gasteiger partial charge in [-0.3, -0.25) is 0 Å². The van der Waals surface area contributed by atoms with Gasteiger partial charge < -0.3 is 14.7 Å². The lowest BCUT2D eigenvalue weighted by Gasteiger charge is -2.40. The van der Waals surface area contributed by atoms with E-state index in [0.29, 0.717) is 13.2 Å². The summed E-state index contributed by atoms with van der Waals surface area (Å²) in [6.45, 7) is 1.07. The van der Waals surface area contributed by atoms with Crippen LogP contribution in [0.3, 0.4) is 0 Å². The van der Waals surface area contributed by atoms with Crippen LogP contribution in [0.25, 0.3) is 0 Å². The highest BCUT2D eigenvalue weighted by molar-refractivity contribution is 5.94. The third-order valence-electron chi connectivity index (χ3n) is 3.99. The molecule has 0 amide bonds. The maximum absolute atomic E-state index is 14.1. The topological polar surface area (TPSA) is 49.8 Å². The molecule has 1 aromatic carbocycles. The molecule has 2 fully saturated rings. The second-order valence-corrected chi connectivity index (χ2v) is 5.04. The first-order valence-electron chi connectivity index (χ1n) is 6.58. The zero-order chi connectivity index (χ0) is 13.4. The van der Waals surface area contributed by atoms with E-state index < -0.39 is 11.8 Å². The van der Waals surface area contributed by atoms with Gasteiger partial charge in [-0.05, 0) is 31.4 Å². The van der Waals surface area contributed by atoms with Crippen molar-refractivity contribution in [3.63, 3.8) is 0 Å². The van der Waals surface area contributed by atoms with E-state index in [-0.39, 0.29) is 23.4 Å². The molecule has 0 bridgehead atoms. The quantitative estimate of drug-likeness (QED) is 0.891. The van der Waals surface area contributed by atoms with Gasteiger partial charge in [0.2, 0.25) is 0 Å². The minimum absolute atomic E-state index is 0.0348. The smallest absolute Gasteiger partial charge is 0.337 e. The molecule has 1 N–H and O–H groups in total. The van der Waals surface area contributed by atoms with Crippen molar-refractivity contribution in [1.29, 1.82) is 0 Å². The molecule has 0 radical (unpaired) electrons. The number of ether oxygens (including phenoxy) is 1. The first-order valence-corrected chi connectivity index (χ1v) is 6.58. The van der Waals surface area contributed by atoms with Crippen molar-refractivity contribution in [2.24, 2.45) is 0 Å². The Hall–Kier alpha value is -1.62. The summed E-state index contributed by atoms with van der Waals surface area (Å²) in [5, 5.41) is 9.24. The van der Waals surface area contributed by atoms with Gasteiger partial charge in [-0.2, -0.15) is 0 Å². The molecule has 3 rings (SSSR count). The molecule has 1 aliphatic heterocycles. The summed E-state index contributed by atoms with van der Waals surface area (Å²) in [5.41, 5.74) is 0.253. The summed E-state index contributed by atoms with van der Waals surface area (Å²) in [6.07, 6.45) is 3.05. The van der Waals surface area contributed by atoms with E-state index in [2.05, 4.69) is 0 Å². The van der Waals surface area contributed by atoms with Crippen LogP contribution < -0.4 is 4.90 Å². The Morgan fingerprint density at radius 2 is 2.26 bits per heavy atom. The molecule has 102 valence electrons. The molecule has 1 saturated carbocycles. The lowest BCUT2D eigenvalue weighted by molar-refractivity contribution is 0.0252. The molecule has 1 aromatic rings. The number of aromatic carboxylic acids is 1. The van der Waals surface area contributed by atoms with Crippen LogP contribution in [-0.2, 0) is 4.74 Å². The van der Waals surface area contributed by atoms with Crippen LogP contribution in [0.4, 0.5) is 10.1 Å². The molecule has 0 aromatic heterocycles. The summed E-state index contributed by atoms with van der Waals surface area (Å²) in [4.78, 5) is 13.2. The van der Waals surface area contributed by atoms with Gasteiger partial charge in [-0.1, -0.05) is 6.07 Å². The summed E-state index contributed by atoms with van der Waals surface area (Å²) in [7, 11) is 0. The molecular weight excluding hydrogens is 249 g/mol. The number of rotatable bonds is 2. The lowest BCUT2D eigenvalue weighted by atomic mass is 10.1. The Bertz CT molecular complexity index is 505. The lowest BCUT2D eigenvalue weighted by Crippen LogP contribution is -2.49. The van der Waals surface area contributed by atoms with Crippen molar-refractivity contribution in [3.05, 3.63) is 29.6 Å². The van der Waals surface area contributed by atoms with Gasteiger partial charge in [-0.25, -0.2) is 9.18 Å². The van der Waals surface area contributed by atoms with Crippen molar-refractivity contribution in [2.45, 2.75) is 31.4 Å². The first kappa shape index (κ1) is 12.4. The van der Waals surface area contributed by atoms with Crippen molar-refractivity contribution in [3.8, 4) is 0 Å². The minimum Gasteiger partial charge on any atom is -0.478 e. The fourth-order valence-corrected chi connectivity index (χ4v) is 3.18. The monoisotopic (exact) mass is 265 g/mol. The van der Waals surface area contributed by atoms with Gasteiger partial charge in [0.1, 0.15) is 5.82 Å². The molecule has 2 unspecified atom stereocenters. The highest BCUT2D eigenvalue weighted by Gasteiger charge is 2.38. The van der Waals surface area contributed by atoms with E-state index in [1.54, 1.807) is 0 Å². The third-order valence-corrected chi connectivity index (χ3v) is 3.99. The maximum atomic E-state index is 14.1. The first-order chi connectivity index (χ1) is 9.18. The number of morpholine rings is 1. The number of carboxylic acids is 1. The second kappa shape index (κ2) is 4.81. The third kappa shape index (κ3) is 2.08. The van der Waals surface area contributed by atoms with Gasteiger partial charge >= 0.3 is 5.97 Å². The van der Waals surface area contributed by atoms with Crippen LogP contribution in [0.5, 0.6) is 0 Å². The minimum atomic E-state index is -1.09. The SMILES string of the molecule is O=C(O)c1cccc(F)c1N1CCOC2CCCC21. The van der Waals surface area contributed by atoms with Gasteiger partial charge in [-0.15, -0.1) is 0 Å². The van der Waals surface area contributed by atoms with E-state index in [9.17, 15) is 14.3 Å². The number of para-hydroxylation sites is 1. The van der Waals surface area contributed by atoms with E-state index in [0.717, 1.165) is 19.3 Å². The largest absolute Gasteiger partial charge is 0.478 e. The Morgan fingerprint density at radius 3 is 3.05 bits per heavy atom. The predicted molar refractivity (Wildman–Crippen MR) is 68.1 cm³/mol. The summed E-state index contributed by atoms with van der Waals surface area (Å²) in [6, 6.07) is 4.32. The van der Waals surface area contributed by atoms with Crippen LogP contribution >= 0.6 is 0 Å². The zero-order valence-corrected chi connectivity index (χ0v) is 10.5. The molecule has 1 saturated heterocycles.